The first kappa shape index (κ1) is 20.9. The van der Waals surface area contributed by atoms with E-state index < -0.39 is 5.91 Å². The van der Waals surface area contributed by atoms with E-state index in [-0.39, 0.29) is 11.6 Å². The Bertz CT molecular complexity index is 1090. The Labute approximate surface area is 176 Å². The maximum Gasteiger partial charge on any atom is 0.272 e. The Morgan fingerprint density at radius 1 is 0.867 bits per heavy atom. The van der Waals surface area contributed by atoms with Gasteiger partial charge in [0.05, 0.1) is 7.11 Å². The molecule has 0 bridgehead atoms. The highest BCUT2D eigenvalue weighted by Crippen LogP contribution is 2.21. The number of methoxy groups -OCH3 is 1. The predicted molar refractivity (Wildman–Crippen MR) is 119 cm³/mol. The molecule has 30 heavy (non-hydrogen) atoms. The number of carbonyl (C=O) groups excluding carboxylic acids is 2. The minimum atomic E-state index is -0.424. The van der Waals surface area contributed by atoms with Crippen molar-refractivity contribution in [2.45, 2.75) is 13.8 Å². The van der Waals surface area contributed by atoms with E-state index in [1.165, 1.54) is 0 Å². The van der Waals surface area contributed by atoms with E-state index >= 15 is 0 Å². The summed E-state index contributed by atoms with van der Waals surface area (Å²) < 4.78 is 5.38. The first-order chi connectivity index (χ1) is 14.5. The fourth-order valence-corrected chi connectivity index (χ4v) is 2.95. The second-order valence-electron chi connectivity index (χ2n) is 6.89. The van der Waals surface area contributed by atoms with E-state index in [1.54, 1.807) is 31.4 Å². The van der Waals surface area contributed by atoms with Gasteiger partial charge in [0.1, 0.15) is 11.4 Å². The molecule has 0 spiro atoms. The summed E-state index contributed by atoms with van der Waals surface area (Å²) in [5.74, 6) is -0.178. The number of benzene rings is 3. The van der Waals surface area contributed by atoms with Crippen molar-refractivity contribution in [1.29, 1.82) is 0 Å². The van der Waals surface area contributed by atoms with Gasteiger partial charge in [0.2, 0.25) is 0 Å². The van der Waals surface area contributed by atoms with Crippen LogP contribution in [-0.4, -0.2) is 18.9 Å². The quantitative estimate of drug-likeness (QED) is 0.588. The molecule has 0 heterocycles. The third-order valence-corrected chi connectivity index (χ3v) is 4.63. The van der Waals surface area contributed by atoms with Gasteiger partial charge in [-0.25, -0.2) is 0 Å². The van der Waals surface area contributed by atoms with Gasteiger partial charge in [-0.1, -0.05) is 54.1 Å². The molecule has 152 valence electrons. The van der Waals surface area contributed by atoms with Crippen molar-refractivity contribution in [3.63, 3.8) is 0 Å². The lowest BCUT2D eigenvalue weighted by molar-refractivity contribution is -0.113. The minimum absolute atomic E-state index is 0.119. The molecule has 0 saturated carbocycles. The minimum Gasteiger partial charge on any atom is -0.496 e. The van der Waals surface area contributed by atoms with Crippen LogP contribution in [0.5, 0.6) is 5.75 Å². The lowest BCUT2D eigenvalue weighted by Crippen LogP contribution is -2.31. The summed E-state index contributed by atoms with van der Waals surface area (Å²) in [6, 6.07) is 22.0. The van der Waals surface area contributed by atoms with Crippen LogP contribution in [0.2, 0.25) is 0 Å². The van der Waals surface area contributed by atoms with Crippen LogP contribution in [-0.2, 0) is 4.79 Å². The van der Waals surface area contributed by atoms with Crippen molar-refractivity contribution in [3.8, 4) is 5.75 Å². The van der Waals surface area contributed by atoms with E-state index in [9.17, 15) is 9.59 Å². The molecule has 0 saturated heterocycles. The van der Waals surface area contributed by atoms with Crippen LogP contribution in [0.3, 0.4) is 0 Å². The number of rotatable bonds is 6. The molecule has 5 heteroatoms. The number of nitrogens with one attached hydrogen (secondary N) is 2. The highest BCUT2D eigenvalue weighted by atomic mass is 16.5. The summed E-state index contributed by atoms with van der Waals surface area (Å²) in [5.41, 5.74) is 3.86. The lowest BCUT2D eigenvalue weighted by Gasteiger charge is -2.13. The Balaban J connectivity index is 1.94. The zero-order valence-electron chi connectivity index (χ0n) is 17.2. The first-order valence-electron chi connectivity index (χ1n) is 9.57. The smallest absolute Gasteiger partial charge is 0.272 e. The van der Waals surface area contributed by atoms with Gasteiger partial charge in [-0.15, -0.1) is 0 Å². The van der Waals surface area contributed by atoms with E-state index in [0.29, 0.717) is 22.6 Å². The number of anilines is 1. The van der Waals surface area contributed by atoms with Gasteiger partial charge in [0, 0.05) is 16.8 Å². The van der Waals surface area contributed by atoms with E-state index in [4.69, 9.17) is 4.74 Å². The van der Waals surface area contributed by atoms with Gasteiger partial charge in [-0.3, -0.25) is 9.59 Å². The van der Waals surface area contributed by atoms with Crippen molar-refractivity contribution in [2.75, 3.05) is 12.4 Å². The molecule has 0 aromatic heterocycles. The van der Waals surface area contributed by atoms with E-state index in [1.807, 2.05) is 68.4 Å². The summed E-state index contributed by atoms with van der Waals surface area (Å²) in [6.45, 7) is 3.83. The molecule has 2 N–H and O–H groups in total. The number of amides is 2. The van der Waals surface area contributed by atoms with Gasteiger partial charge in [-0.05, 0) is 49.8 Å². The van der Waals surface area contributed by atoms with Crippen LogP contribution < -0.4 is 15.4 Å². The van der Waals surface area contributed by atoms with E-state index in [2.05, 4.69) is 10.6 Å². The SMILES string of the molecule is COc1ccccc1C=C(NC(=O)c1ccccc1C)C(=O)Nc1ccc(C)cc1. The van der Waals surface area contributed by atoms with Crippen molar-refractivity contribution >= 4 is 23.6 Å². The van der Waals surface area contributed by atoms with Crippen LogP contribution in [0, 0.1) is 13.8 Å². The van der Waals surface area contributed by atoms with Gasteiger partial charge in [-0.2, -0.15) is 0 Å². The molecule has 0 aliphatic rings. The van der Waals surface area contributed by atoms with Crippen LogP contribution >= 0.6 is 0 Å². The molecular formula is C25H24N2O3. The zero-order chi connectivity index (χ0) is 21.5. The standard InChI is InChI=1S/C25H24N2O3/c1-17-12-14-20(15-13-17)26-25(29)22(16-19-9-5-7-11-23(19)30-3)27-24(28)21-10-6-4-8-18(21)2/h4-16H,1-3H3,(H,26,29)(H,27,28). The van der Waals surface area contributed by atoms with Gasteiger partial charge >= 0.3 is 0 Å². The van der Waals surface area contributed by atoms with Crippen molar-refractivity contribution in [1.82, 2.24) is 5.32 Å². The highest BCUT2D eigenvalue weighted by molar-refractivity contribution is 6.11. The molecule has 0 aliphatic heterocycles. The molecule has 0 aliphatic carbocycles. The zero-order valence-corrected chi connectivity index (χ0v) is 17.2. The fourth-order valence-electron chi connectivity index (χ4n) is 2.95. The summed E-state index contributed by atoms with van der Waals surface area (Å²) >= 11 is 0. The van der Waals surface area contributed by atoms with E-state index in [0.717, 1.165) is 11.1 Å². The monoisotopic (exact) mass is 400 g/mol. The highest BCUT2D eigenvalue weighted by Gasteiger charge is 2.17. The molecular weight excluding hydrogens is 376 g/mol. The van der Waals surface area contributed by atoms with Crippen LogP contribution in [0.25, 0.3) is 6.08 Å². The molecule has 2 amide bonds. The topological polar surface area (TPSA) is 67.4 Å². The summed E-state index contributed by atoms with van der Waals surface area (Å²) in [4.78, 5) is 25.9. The van der Waals surface area contributed by atoms with Crippen molar-refractivity contribution in [2.24, 2.45) is 0 Å². The van der Waals surface area contributed by atoms with Gasteiger partial charge in [0.25, 0.3) is 11.8 Å². The second kappa shape index (κ2) is 9.56. The third kappa shape index (κ3) is 5.14. The lowest BCUT2D eigenvalue weighted by atomic mass is 10.1. The largest absolute Gasteiger partial charge is 0.496 e. The number of carbonyl (C=O) groups is 2. The summed E-state index contributed by atoms with van der Waals surface area (Å²) in [6.07, 6.45) is 1.61. The van der Waals surface area contributed by atoms with Crippen molar-refractivity contribution < 1.29 is 14.3 Å². The maximum absolute atomic E-state index is 13.0. The second-order valence-corrected chi connectivity index (χ2v) is 6.89. The van der Waals surface area contributed by atoms with Gasteiger partial charge < -0.3 is 15.4 Å². The summed E-state index contributed by atoms with van der Waals surface area (Å²) in [7, 11) is 1.56. The molecule has 3 aromatic rings. The molecule has 5 nitrogen and oxygen atoms in total. The Kier molecular flexibility index (Phi) is 6.65. The van der Waals surface area contributed by atoms with Crippen LogP contribution in [0.1, 0.15) is 27.0 Å². The number of hydrogen-bond donors (Lipinski definition) is 2. The van der Waals surface area contributed by atoms with Gasteiger partial charge in [0.15, 0.2) is 0 Å². The third-order valence-electron chi connectivity index (χ3n) is 4.63. The van der Waals surface area contributed by atoms with Crippen molar-refractivity contribution in [3.05, 3.63) is 101 Å². The molecule has 0 fully saturated rings. The first-order valence-corrected chi connectivity index (χ1v) is 9.57. The molecule has 0 unspecified atom stereocenters. The number of hydrogen-bond acceptors (Lipinski definition) is 3. The molecule has 0 radical (unpaired) electrons. The molecule has 3 rings (SSSR count). The predicted octanol–water partition coefficient (Wildman–Crippen LogP) is 4.72. The van der Waals surface area contributed by atoms with Crippen LogP contribution in [0.4, 0.5) is 5.69 Å². The molecule has 3 aromatic carbocycles. The Morgan fingerprint density at radius 2 is 1.53 bits per heavy atom. The average Bonchev–Trinajstić information content (AvgIpc) is 2.75. The normalized spacial score (nSPS) is 11.0. The van der Waals surface area contributed by atoms with Crippen LogP contribution in [0.15, 0.2) is 78.5 Å². The number of ether oxygens (including phenoxy) is 1. The maximum atomic E-state index is 13.0. The Morgan fingerprint density at radius 3 is 2.23 bits per heavy atom. The molecule has 0 atom stereocenters. The average molecular weight is 400 g/mol. The summed E-state index contributed by atoms with van der Waals surface area (Å²) in [5, 5.41) is 5.60. The fraction of sp³-hybridized carbons (Fsp3) is 0.120. The number of para-hydroxylation sites is 1. The Hall–Kier alpha value is -3.86. The number of aryl methyl sites for hydroxylation is 2.